The topological polar surface area (TPSA) is 0 Å². The van der Waals surface area contributed by atoms with Crippen molar-refractivity contribution in [3.8, 4) is 22.3 Å². The number of aryl methyl sites for hydroxylation is 1. The van der Waals surface area contributed by atoms with Crippen LogP contribution in [0.2, 0.25) is 0 Å². The molecule has 0 nitrogen and oxygen atoms in total. The third-order valence-electron chi connectivity index (χ3n) is 4.57. The summed E-state index contributed by atoms with van der Waals surface area (Å²) < 4.78 is 0. The first kappa shape index (κ1) is 16.4. The predicted molar refractivity (Wildman–Crippen MR) is 114 cm³/mol. The molecule has 0 saturated heterocycles. The average Bonchev–Trinajstić information content (AvgIpc) is 2.69. The Morgan fingerprint density at radius 2 is 1.00 bits per heavy atom. The maximum absolute atomic E-state index is 2.27. The van der Waals surface area contributed by atoms with E-state index in [1.54, 1.807) is 0 Å². The Kier molecular flexibility index (Phi) is 4.70. The molecule has 26 heavy (non-hydrogen) atoms. The van der Waals surface area contributed by atoms with Gasteiger partial charge in [0, 0.05) is 0 Å². The first-order chi connectivity index (χ1) is 12.8. The summed E-state index contributed by atoms with van der Waals surface area (Å²) in [6.45, 7) is 2.14. The Morgan fingerprint density at radius 1 is 0.462 bits per heavy atom. The molecule has 0 spiro atoms. The predicted octanol–water partition coefficient (Wildman–Crippen LogP) is 4.98. The molecule has 0 aliphatic rings. The van der Waals surface area contributed by atoms with E-state index in [1.165, 1.54) is 38.7 Å². The smallest absolute Gasteiger partial charge is 0.0814 e. The van der Waals surface area contributed by atoms with Gasteiger partial charge in [0.05, 0.1) is 0 Å². The number of rotatable bonds is 4. The third-order valence-corrected chi connectivity index (χ3v) is 4.57. The molecule has 123 valence electrons. The molecule has 4 aromatic carbocycles. The van der Waals surface area contributed by atoms with Crippen LogP contribution in [0.4, 0.5) is 0 Å². The van der Waals surface area contributed by atoms with Gasteiger partial charge in [-0.25, -0.2) is 0 Å². The minimum Gasteiger partial charge on any atom is -0.0814 e. The van der Waals surface area contributed by atoms with Crippen molar-refractivity contribution in [3.05, 3.63) is 109 Å². The van der Waals surface area contributed by atoms with E-state index in [0.717, 1.165) is 0 Å². The molecule has 0 aromatic heterocycles. The van der Waals surface area contributed by atoms with Gasteiger partial charge in [-0.05, 0) is 35.2 Å². The average molecular weight is 331 g/mol. The van der Waals surface area contributed by atoms with Gasteiger partial charge >= 0.3 is 0 Å². The zero-order chi connectivity index (χ0) is 17.8. The van der Waals surface area contributed by atoms with E-state index >= 15 is 0 Å². The third kappa shape index (κ3) is 3.78. The second-order valence-electron chi connectivity index (χ2n) is 6.63. The summed E-state index contributed by atoms with van der Waals surface area (Å²) >= 11 is 0. The van der Waals surface area contributed by atoms with Crippen molar-refractivity contribution < 1.29 is 0 Å². The Labute approximate surface area is 156 Å². The maximum atomic E-state index is 2.27. The van der Waals surface area contributed by atoms with Gasteiger partial charge in [-0.1, -0.05) is 114 Å². The highest BCUT2D eigenvalue weighted by molar-refractivity contribution is 6.67. The van der Waals surface area contributed by atoms with Crippen LogP contribution in [-0.4, -0.2) is 7.28 Å². The zero-order valence-corrected chi connectivity index (χ0v) is 14.9. The summed E-state index contributed by atoms with van der Waals surface area (Å²) in [5, 5.41) is 0. The standard InChI is InChI=1S/C25H20B/c1-19-8-5-9-20(16-19)21-10-6-11-22(17-21)23-12-7-15-25(18-23)26-24-13-3-2-4-14-24/h2-18H,1H3. The van der Waals surface area contributed by atoms with E-state index in [2.05, 4.69) is 111 Å². The first-order valence-electron chi connectivity index (χ1n) is 8.95. The number of hydrogen-bond donors (Lipinski definition) is 0. The minimum absolute atomic E-state index is 1.22. The van der Waals surface area contributed by atoms with Crippen molar-refractivity contribution >= 4 is 18.2 Å². The Bertz CT molecular complexity index is 1020. The molecular formula is C25H20B. The minimum atomic E-state index is 1.22. The van der Waals surface area contributed by atoms with Crippen molar-refractivity contribution in [2.75, 3.05) is 0 Å². The summed E-state index contributed by atoms with van der Waals surface area (Å²) in [5.74, 6) is 0. The van der Waals surface area contributed by atoms with Crippen molar-refractivity contribution in [1.29, 1.82) is 0 Å². The molecule has 4 rings (SSSR count). The molecule has 0 saturated carbocycles. The van der Waals surface area contributed by atoms with Gasteiger partial charge in [-0.15, -0.1) is 0 Å². The lowest BCUT2D eigenvalue weighted by Crippen LogP contribution is -2.26. The summed E-state index contributed by atoms with van der Waals surface area (Å²) in [6.07, 6.45) is 0. The van der Waals surface area contributed by atoms with Crippen LogP contribution in [0.1, 0.15) is 5.56 Å². The van der Waals surface area contributed by atoms with Crippen LogP contribution in [0.25, 0.3) is 22.3 Å². The largest absolute Gasteiger partial charge is 0.191 e. The van der Waals surface area contributed by atoms with Gasteiger partial charge in [-0.3, -0.25) is 0 Å². The van der Waals surface area contributed by atoms with Gasteiger partial charge in [0.25, 0.3) is 0 Å². The Hall–Kier alpha value is -3.06. The number of benzene rings is 4. The van der Waals surface area contributed by atoms with Crippen LogP contribution in [-0.2, 0) is 0 Å². The molecule has 0 aliphatic heterocycles. The fourth-order valence-electron chi connectivity index (χ4n) is 3.25. The molecular weight excluding hydrogens is 311 g/mol. The Balaban J connectivity index is 1.66. The summed E-state index contributed by atoms with van der Waals surface area (Å²) in [6, 6.07) is 36.6. The van der Waals surface area contributed by atoms with Crippen LogP contribution >= 0.6 is 0 Å². The molecule has 1 radical (unpaired) electrons. The molecule has 1 heteroatoms. The van der Waals surface area contributed by atoms with Gasteiger partial charge in [-0.2, -0.15) is 0 Å². The SMILES string of the molecule is Cc1cccc(-c2cccc(-c3cccc([B]c4ccccc4)c3)c2)c1. The van der Waals surface area contributed by atoms with Crippen molar-refractivity contribution in [3.63, 3.8) is 0 Å². The van der Waals surface area contributed by atoms with E-state index in [-0.39, 0.29) is 0 Å². The fourth-order valence-corrected chi connectivity index (χ4v) is 3.25. The van der Waals surface area contributed by atoms with Crippen molar-refractivity contribution in [2.45, 2.75) is 6.92 Å². The lowest BCUT2D eigenvalue weighted by Gasteiger charge is -2.09. The van der Waals surface area contributed by atoms with Crippen LogP contribution in [0, 0.1) is 6.92 Å². The molecule has 0 bridgehead atoms. The van der Waals surface area contributed by atoms with Gasteiger partial charge in [0.1, 0.15) is 0 Å². The van der Waals surface area contributed by atoms with Crippen LogP contribution in [0.15, 0.2) is 103 Å². The normalized spacial score (nSPS) is 10.5. The highest BCUT2D eigenvalue weighted by atomic mass is 14.1. The van der Waals surface area contributed by atoms with Gasteiger partial charge in [0.15, 0.2) is 7.28 Å². The fraction of sp³-hybridized carbons (Fsp3) is 0.0400. The van der Waals surface area contributed by atoms with Gasteiger partial charge < -0.3 is 0 Å². The quantitative estimate of drug-likeness (QED) is 0.463. The first-order valence-corrected chi connectivity index (χ1v) is 8.95. The molecule has 4 aromatic rings. The molecule has 0 fully saturated rings. The molecule has 0 N–H and O–H groups in total. The number of hydrogen-bond acceptors (Lipinski definition) is 0. The monoisotopic (exact) mass is 331 g/mol. The lowest BCUT2D eigenvalue weighted by molar-refractivity contribution is 1.47. The van der Waals surface area contributed by atoms with E-state index in [0.29, 0.717) is 0 Å². The lowest BCUT2D eigenvalue weighted by atomic mass is 9.64. The van der Waals surface area contributed by atoms with E-state index < -0.39 is 0 Å². The second-order valence-corrected chi connectivity index (χ2v) is 6.63. The summed E-state index contributed by atoms with van der Waals surface area (Å²) in [7, 11) is 2.22. The van der Waals surface area contributed by atoms with Gasteiger partial charge in [0.2, 0.25) is 0 Å². The molecule has 0 aliphatic carbocycles. The van der Waals surface area contributed by atoms with Crippen molar-refractivity contribution in [2.24, 2.45) is 0 Å². The van der Waals surface area contributed by atoms with E-state index in [4.69, 9.17) is 0 Å². The summed E-state index contributed by atoms with van der Waals surface area (Å²) in [5.41, 5.74) is 8.72. The molecule has 0 heterocycles. The second kappa shape index (κ2) is 7.45. The van der Waals surface area contributed by atoms with Crippen LogP contribution < -0.4 is 10.9 Å². The summed E-state index contributed by atoms with van der Waals surface area (Å²) in [4.78, 5) is 0. The zero-order valence-electron chi connectivity index (χ0n) is 14.9. The highest BCUT2D eigenvalue weighted by Gasteiger charge is 2.04. The maximum Gasteiger partial charge on any atom is 0.191 e. The van der Waals surface area contributed by atoms with Crippen LogP contribution in [0.5, 0.6) is 0 Å². The highest BCUT2D eigenvalue weighted by Crippen LogP contribution is 2.26. The van der Waals surface area contributed by atoms with Crippen molar-refractivity contribution in [1.82, 2.24) is 0 Å². The molecule has 0 atom stereocenters. The van der Waals surface area contributed by atoms with E-state index in [1.807, 2.05) is 6.07 Å². The van der Waals surface area contributed by atoms with E-state index in [9.17, 15) is 0 Å². The molecule has 0 unspecified atom stereocenters. The molecule has 0 amide bonds. The van der Waals surface area contributed by atoms with Crippen LogP contribution in [0.3, 0.4) is 0 Å². The Morgan fingerprint density at radius 3 is 1.69 bits per heavy atom.